The number of aromatic nitrogens is 2. The molecule has 1 aliphatic rings. The normalized spacial score (nSPS) is 16.4. The third-order valence-electron chi connectivity index (χ3n) is 4.42. The number of rotatable bonds is 8. The van der Waals surface area contributed by atoms with Crippen molar-refractivity contribution in [1.29, 1.82) is 0 Å². The second kappa shape index (κ2) is 8.32. The minimum atomic E-state index is -3.73. The molecule has 2 aromatic rings. The molecule has 1 aromatic heterocycles. The molecule has 2 heterocycles. The molecule has 0 saturated carbocycles. The van der Waals surface area contributed by atoms with E-state index < -0.39 is 10.0 Å². The molecule has 0 radical (unpaired) electrons. The Morgan fingerprint density at radius 3 is 2.89 bits per heavy atom. The van der Waals surface area contributed by atoms with Crippen LogP contribution >= 0.6 is 11.3 Å². The predicted molar refractivity (Wildman–Crippen MR) is 106 cm³/mol. The van der Waals surface area contributed by atoms with Gasteiger partial charge in [-0.15, -0.1) is 10.2 Å². The molecule has 1 unspecified atom stereocenters. The van der Waals surface area contributed by atoms with Crippen molar-refractivity contribution < 1.29 is 13.2 Å². The zero-order valence-electron chi connectivity index (χ0n) is 15.3. The average Bonchev–Trinajstić information content (AvgIpc) is 3.23. The molecule has 1 amide bonds. The van der Waals surface area contributed by atoms with Crippen LogP contribution in [0.1, 0.15) is 32.3 Å². The van der Waals surface area contributed by atoms with Gasteiger partial charge in [-0.25, -0.2) is 13.1 Å². The van der Waals surface area contributed by atoms with Gasteiger partial charge in [-0.2, -0.15) is 0 Å². The fraction of sp³-hybridized carbons (Fsp3) is 0.471. The number of carbonyl (C=O) groups is 1. The number of nitrogens with zero attached hydrogens (tertiary/aromatic N) is 3. The SMILES string of the molecule is CCC(=O)Nc1nnc(S(=O)(=O)NCCCN2c3ccccc3CC2C)s1. The highest BCUT2D eigenvalue weighted by Crippen LogP contribution is 2.31. The van der Waals surface area contributed by atoms with Crippen LogP contribution in [-0.2, 0) is 21.2 Å². The van der Waals surface area contributed by atoms with Crippen LogP contribution in [-0.4, -0.2) is 43.7 Å². The van der Waals surface area contributed by atoms with Gasteiger partial charge in [0.1, 0.15) is 0 Å². The Bertz CT molecular complexity index is 913. The molecule has 1 aromatic carbocycles. The summed E-state index contributed by atoms with van der Waals surface area (Å²) in [6.07, 6.45) is 1.98. The number of hydrogen-bond acceptors (Lipinski definition) is 7. The summed E-state index contributed by atoms with van der Waals surface area (Å²) in [6, 6.07) is 8.72. The third kappa shape index (κ3) is 4.63. The lowest BCUT2D eigenvalue weighted by atomic mass is 10.1. The first-order chi connectivity index (χ1) is 12.9. The van der Waals surface area contributed by atoms with Crippen LogP contribution in [0, 0.1) is 0 Å². The molecule has 0 saturated heterocycles. The number of sulfonamides is 1. The average molecular weight is 410 g/mol. The van der Waals surface area contributed by atoms with Gasteiger partial charge in [0.15, 0.2) is 0 Å². The van der Waals surface area contributed by atoms with Crippen molar-refractivity contribution >= 4 is 38.1 Å². The molecule has 1 aliphatic heterocycles. The Kier molecular flexibility index (Phi) is 6.08. The molecule has 0 aliphatic carbocycles. The van der Waals surface area contributed by atoms with Crippen molar-refractivity contribution in [1.82, 2.24) is 14.9 Å². The molecule has 0 bridgehead atoms. The van der Waals surface area contributed by atoms with Gasteiger partial charge in [0.25, 0.3) is 10.0 Å². The van der Waals surface area contributed by atoms with E-state index in [1.165, 1.54) is 11.3 Å². The van der Waals surface area contributed by atoms with E-state index in [2.05, 4.69) is 44.2 Å². The fourth-order valence-electron chi connectivity index (χ4n) is 3.06. The Morgan fingerprint density at radius 2 is 2.11 bits per heavy atom. The minimum absolute atomic E-state index is 0.145. The van der Waals surface area contributed by atoms with Crippen molar-refractivity contribution in [2.75, 3.05) is 23.3 Å². The maximum Gasteiger partial charge on any atom is 0.269 e. The van der Waals surface area contributed by atoms with E-state index in [0.717, 1.165) is 24.3 Å². The maximum atomic E-state index is 12.3. The highest BCUT2D eigenvalue weighted by atomic mass is 32.2. The first kappa shape index (κ1) is 19.7. The maximum absolute atomic E-state index is 12.3. The molecule has 0 fully saturated rings. The van der Waals surface area contributed by atoms with E-state index in [1.54, 1.807) is 6.92 Å². The van der Waals surface area contributed by atoms with Crippen molar-refractivity contribution in [3.63, 3.8) is 0 Å². The molecule has 3 rings (SSSR count). The minimum Gasteiger partial charge on any atom is -0.368 e. The van der Waals surface area contributed by atoms with E-state index in [1.807, 2.05) is 12.1 Å². The zero-order valence-corrected chi connectivity index (χ0v) is 16.9. The predicted octanol–water partition coefficient (Wildman–Crippen LogP) is 2.01. The molecule has 8 nitrogen and oxygen atoms in total. The van der Waals surface area contributed by atoms with E-state index in [-0.39, 0.29) is 21.8 Å². The van der Waals surface area contributed by atoms with Crippen molar-refractivity contribution in [3.8, 4) is 0 Å². The largest absolute Gasteiger partial charge is 0.368 e. The number of benzene rings is 1. The van der Waals surface area contributed by atoms with Gasteiger partial charge in [-0.05, 0) is 31.4 Å². The van der Waals surface area contributed by atoms with Gasteiger partial charge in [-0.3, -0.25) is 4.79 Å². The van der Waals surface area contributed by atoms with Gasteiger partial charge >= 0.3 is 0 Å². The summed E-state index contributed by atoms with van der Waals surface area (Å²) in [4.78, 5) is 13.7. The molecular formula is C17H23N5O3S2. The van der Waals surface area contributed by atoms with Gasteiger partial charge < -0.3 is 10.2 Å². The fourth-order valence-corrected chi connectivity index (χ4v) is 5.10. The molecular weight excluding hydrogens is 386 g/mol. The topological polar surface area (TPSA) is 104 Å². The standard InChI is InChI=1S/C17H23N5O3S2/c1-3-15(23)19-16-20-21-17(26-16)27(24,25)18-9-6-10-22-12(2)11-13-7-4-5-8-14(13)22/h4-5,7-8,12,18H,3,6,9-11H2,1-2H3,(H,19,20,23). The lowest BCUT2D eigenvalue weighted by Crippen LogP contribution is -2.33. The molecule has 0 spiro atoms. The van der Waals surface area contributed by atoms with E-state index in [4.69, 9.17) is 0 Å². The Balaban J connectivity index is 1.52. The summed E-state index contributed by atoms with van der Waals surface area (Å²) in [5.74, 6) is -0.233. The summed E-state index contributed by atoms with van der Waals surface area (Å²) < 4.78 is 27.1. The first-order valence-electron chi connectivity index (χ1n) is 8.88. The highest BCUT2D eigenvalue weighted by molar-refractivity contribution is 7.91. The Hall–Kier alpha value is -2.04. The lowest BCUT2D eigenvalue weighted by molar-refractivity contribution is -0.115. The molecule has 146 valence electrons. The highest BCUT2D eigenvalue weighted by Gasteiger charge is 2.25. The molecule has 2 N–H and O–H groups in total. The monoisotopic (exact) mass is 409 g/mol. The van der Waals surface area contributed by atoms with Crippen molar-refractivity contribution in [2.24, 2.45) is 0 Å². The smallest absolute Gasteiger partial charge is 0.269 e. The van der Waals surface area contributed by atoms with E-state index in [0.29, 0.717) is 19.0 Å². The summed E-state index contributed by atoms with van der Waals surface area (Å²) in [6.45, 7) is 4.96. The van der Waals surface area contributed by atoms with E-state index >= 15 is 0 Å². The number of carbonyl (C=O) groups excluding carboxylic acids is 1. The van der Waals surface area contributed by atoms with Crippen LogP contribution in [0.5, 0.6) is 0 Å². The number of nitrogens with one attached hydrogen (secondary N) is 2. The van der Waals surface area contributed by atoms with Crippen LogP contribution in [0.2, 0.25) is 0 Å². The first-order valence-corrected chi connectivity index (χ1v) is 11.2. The summed E-state index contributed by atoms with van der Waals surface area (Å²) in [7, 11) is -3.73. The Labute approximate surface area is 163 Å². The van der Waals surface area contributed by atoms with Crippen molar-refractivity contribution in [2.45, 2.75) is 43.5 Å². The van der Waals surface area contributed by atoms with Gasteiger partial charge in [0.05, 0.1) is 0 Å². The summed E-state index contributed by atoms with van der Waals surface area (Å²) >= 11 is 0.843. The molecule has 27 heavy (non-hydrogen) atoms. The van der Waals surface area contributed by atoms with Gasteiger partial charge in [0.2, 0.25) is 15.4 Å². The van der Waals surface area contributed by atoms with Crippen molar-refractivity contribution in [3.05, 3.63) is 29.8 Å². The number of fused-ring (bicyclic) bond motifs is 1. The van der Waals surface area contributed by atoms with Crippen LogP contribution in [0.25, 0.3) is 0 Å². The number of hydrogen-bond donors (Lipinski definition) is 2. The van der Waals surface area contributed by atoms with Gasteiger partial charge in [-0.1, -0.05) is 36.5 Å². The number of amides is 1. The third-order valence-corrected chi connectivity index (χ3v) is 7.09. The summed E-state index contributed by atoms with van der Waals surface area (Å²) in [5.41, 5.74) is 2.56. The quantitative estimate of drug-likeness (QED) is 0.510. The van der Waals surface area contributed by atoms with Crippen LogP contribution < -0.4 is 14.9 Å². The van der Waals surface area contributed by atoms with Gasteiger partial charge in [0, 0.05) is 31.2 Å². The summed E-state index contributed by atoms with van der Waals surface area (Å²) in [5, 5.41) is 10.1. The lowest BCUT2D eigenvalue weighted by Gasteiger charge is -2.24. The Morgan fingerprint density at radius 1 is 1.33 bits per heavy atom. The van der Waals surface area contributed by atoms with E-state index in [9.17, 15) is 13.2 Å². The van der Waals surface area contributed by atoms with Crippen LogP contribution in [0.15, 0.2) is 28.6 Å². The van der Waals surface area contributed by atoms with Crippen LogP contribution in [0.4, 0.5) is 10.8 Å². The second-order valence-electron chi connectivity index (χ2n) is 6.40. The molecule has 1 atom stereocenters. The molecule has 10 heteroatoms. The number of anilines is 2. The van der Waals surface area contributed by atoms with Crippen LogP contribution in [0.3, 0.4) is 0 Å². The zero-order chi connectivity index (χ0) is 19.4. The second-order valence-corrected chi connectivity index (χ2v) is 9.32. The number of para-hydroxylation sites is 1.